The van der Waals surface area contributed by atoms with E-state index >= 15 is 0 Å². The summed E-state index contributed by atoms with van der Waals surface area (Å²) in [6.07, 6.45) is 8.10. The predicted octanol–water partition coefficient (Wildman–Crippen LogP) is 6.89. The van der Waals surface area contributed by atoms with Crippen LogP contribution in [0.5, 0.6) is 0 Å². The van der Waals surface area contributed by atoms with Gasteiger partial charge >= 0.3 is 0 Å². The van der Waals surface area contributed by atoms with Crippen molar-refractivity contribution in [1.82, 2.24) is 0 Å². The molecule has 0 amide bonds. The van der Waals surface area contributed by atoms with E-state index in [1.165, 1.54) is 36.1 Å². The predicted molar refractivity (Wildman–Crippen MR) is 134 cm³/mol. The second-order valence-electron chi connectivity index (χ2n) is 7.59. The van der Waals surface area contributed by atoms with Crippen LogP contribution < -0.4 is 4.90 Å². The van der Waals surface area contributed by atoms with Gasteiger partial charge in [0.2, 0.25) is 0 Å². The number of thioether (sulfide) groups is 1. The topological polar surface area (TPSA) is 28.0 Å². The first-order chi connectivity index (χ1) is 13.1. The summed E-state index contributed by atoms with van der Waals surface area (Å²) >= 11 is 1.72. The van der Waals surface area contributed by atoms with Crippen LogP contribution in [0.1, 0.15) is 43.2 Å². The minimum Gasteiger partial charge on any atom is -0.307 e. The quantitative estimate of drug-likeness (QED) is 0.416. The van der Waals surface area contributed by atoms with E-state index in [0.717, 1.165) is 29.5 Å². The lowest BCUT2D eigenvalue weighted by molar-refractivity contribution is 0.385. The van der Waals surface area contributed by atoms with Gasteiger partial charge in [-0.05, 0) is 62.3 Å². The van der Waals surface area contributed by atoms with Crippen molar-refractivity contribution >= 4 is 58.1 Å². The van der Waals surface area contributed by atoms with E-state index in [4.69, 9.17) is 9.98 Å². The summed E-state index contributed by atoms with van der Waals surface area (Å²) in [6.45, 7) is 4.31. The first kappa shape index (κ1) is 21.4. The Labute approximate surface area is 189 Å². The second-order valence-corrected chi connectivity index (χ2v) is 8.36. The third-order valence-corrected chi connectivity index (χ3v) is 6.33. The highest BCUT2D eigenvalue weighted by atomic mass is 127. The fourth-order valence-electron chi connectivity index (χ4n) is 4.35. The molecule has 0 N–H and O–H groups in total. The monoisotopic (exact) mass is 505 g/mol. The number of amidine groups is 2. The highest BCUT2D eigenvalue weighted by molar-refractivity contribution is 14.0. The lowest BCUT2D eigenvalue weighted by Crippen LogP contribution is -2.53. The number of nitrogens with zero attached hydrogens (tertiary/aromatic N) is 3. The molecule has 1 fully saturated rings. The van der Waals surface area contributed by atoms with Gasteiger partial charge in [-0.2, -0.15) is 0 Å². The van der Waals surface area contributed by atoms with E-state index in [2.05, 4.69) is 73.5 Å². The fraction of sp³-hybridized carbons (Fsp3) is 0.391. The molecule has 1 saturated carbocycles. The molecule has 0 unspecified atom stereocenters. The van der Waals surface area contributed by atoms with E-state index in [9.17, 15) is 0 Å². The summed E-state index contributed by atoms with van der Waals surface area (Å²) in [5, 5.41) is 1.07. The Morgan fingerprint density at radius 2 is 1.75 bits per heavy atom. The number of hydrogen-bond donors (Lipinski definition) is 0. The van der Waals surface area contributed by atoms with Crippen LogP contribution in [0.15, 0.2) is 58.5 Å². The average molecular weight is 505 g/mol. The minimum absolute atomic E-state index is 0. The van der Waals surface area contributed by atoms with Crippen LogP contribution in [0.3, 0.4) is 0 Å². The molecule has 1 heterocycles. The maximum Gasteiger partial charge on any atom is 0.170 e. The second kappa shape index (κ2) is 8.99. The molecule has 0 atom stereocenters. The van der Waals surface area contributed by atoms with Gasteiger partial charge in [-0.15, -0.1) is 24.0 Å². The standard InChI is InChI=1S/C23H27N3S.HI/c1-17-10-9-12-19(16-17)24-21-23(14-7-4-8-15-23)26(22(25-21)27-3)20-13-6-5-11-18(20)2;/h5-6,9-13,16H,4,7-8,14-15H2,1-3H3;1H. The summed E-state index contributed by atoms with van der Waals surface area (Å²) in [6, 6.07) is 17.1. The summed E-state index contributed by atoms with van der Waals surface area (Å²) in [5.41, 5.74) is 4.68. The molecule has 0 saturated heterocycles. The molecule has 2 aliphatic rings. The highest BCUT2D eigenvalue weighted by Gasteiger charge is 2.49. The van der Waals surface area contributed by atoms with Crippen LogP contribution in [0, 0.1) is 13.8 Å². The number of hydrogen-bond acceptors (Lipinski definition) is 3. The average Bonchev–Trinajstić information content (AvgIpc) is 2.95. The zero-order valence-corrected chi connectivity index (χ0v) is 20.0. The Kier molecular flexibility index (Phi) is 6.86. The molecule has 2 aromatic rings. The van der Waals surface area contributed by atoms with Crippen LogP contribution in [-0.2, 0) is 0 Å². The lowest BCUT2D eigenvalue weighted by Gasteiger charge is -2.43. The highest BCUT2D eigenvalue weighted by Crippen LogP contribution is 2.45. The van der Waals surface area contributed by atoms with Crippen molar-refractivity contribution in [3.63, 3.8) is 0 Å². The van der Waals surface area contributed by atoms with Crippen LogP contribution >= 0.6 is 35.7 Å². The first-order valence-corrected chi connectivity index (χ1v) is 11.0. The van der Waals surface area contributed by atoms with E-state index in [-0.39, 0.29) is 29.5 Å². The molecular formula is C23H28IN3S. The molecular weight excluding hydrogens is 477 g/mol. The number of halogens is 1. The zero-order chi connectivity index (χ0) is 18.9. The molecule has 5 heteroatoms. The number of anilines is 1. The van der Waals surface area contributed by atoms with Crippen LogP contribution in [0.2, 0.25) is 0 Å². The van der Waals surface area contributed by atoms with E-state index in [1.54, 1.807) is 11.8 Å². The van der Waals surface area contributed by atoms with Crippen LogP contribution in [0.25, 0.3) is 0 Å². The van der Waals surface area contributed by atoms with Gasteiger partial charge in [0.1, 0.15) is 5.54 Å². The largest absolute Gasteiger partial charge is 0.307 e. The zero-order valence-electron chi connectivity index (χ0n) is 16.8. The van der Waals surface area contributed by atoms with Crippen molar-refractivity contribution in [1.29, 1.82) is 0 Å². The molecule has 3 nitrogen and oxygen atoms in total. The minimum atomic E-state index is -0.119. The Morgan fingerprint density at radius 3 is 2.43 bits per heavy atom. The third-order valence-electron chi connectivity index (χ3n) is 5.69. The molecule has 0 aromatic heterocycles. The molecule has 1 aliphatic heterocycles. The van der Waals surface area contributed by atoms with Gasteiger partial charge in [0.15, 0.2) is 11.0 Å². The van der Waals surface area contributed by atoms with Gasteiger partial charge < -0.3 is 4.90 Å². The third kappa shape index (κ3) is 3.88. The molecule has 1 spiro atoms. The Morgan fingerprint density at radius 1 is 1.00 bits per heavy atom. The number of para-hydroxylation sites is 1. The van der Waals surface area contributed by atoms with Crippen molar-refractivity contribution in [2.45, 2.75) is 51.5 Å². The van der Waals surface area contributed by atoms with Crippen LogP contribution in [-0.4, -0.2) is 22.8 Å². The van der Waals surface area contributed by atoms with Gasteiger partial charge in [-0.25, -0.2) is 9.98 Å². The van der Waals surface area contributed by atoms with Crippen molar-refractivity contribution < 1.29 is 0 Å². The summed E-state index contributed by atoms with van der Waals surface area (Å²) < 4.78 is 0. The van der Waals surface area contributed by atoms with Gasteiger partial charge in [-0.1, -0.05) is 61.4 Å². The van der Waals surface area contributed by atoms with Crippen LogP contribution in [0.4, 0.5) is 11.4 Å². The smallest absolute Gasteiger partial charge is 0.170 e. The molecule has 0 radical (unpaired) electrons. The maximum absolute atomic E-state index is 5.07. The lowest BCUT2D eigenvalue weighted by atomic mass is 9.79. The molecule has 2 aromatic carbocycles. The van der Waals surface area contributed by atoms with E-state index in [0.29, 0.717) is 0 Å². The molecule has 1 aliphatic carbocycles. The normalized spacial score (nSPS) is 19.6. The molecule has 0 bridgehead atoms. The number of aliphatic imine (C=N–C) groups is 2. The summed E-state index contributed by atoms with van der Waals surface area (Å²) in [5.74, 6) is 0.986. The Hall–Kier alpha value is -1.34. The van der Waals surface area contributed by atoms with E-state index in [1.807, 2.05) is 0 Å². The summed E-state index contributed by atoms with van der Waals surface area (Å²) in [7, 11) is 0. The fourth-order valence-corrected chi connectivity index (χ4v) is 4.98. The molecule has 148 valence electrons. The van der Waals surface area contributed by atoms with Gasteiger partial charge in [0.05, 0.1) is 5.69 Å². The van der Waals surface area contributed by atoms with Gasteiger partial charge in [0.25, 0.3) is 0 Å². The van der Waals surface area contributed by atoms with Gasteiger partial charge in [-0.3, -0.25) is 0 Å². The van der Waals surface area contributed by atoms with Crippen molar-refractivity contribution in [3.8, 4) is 0 Å². The number of rotatable bonds is 2. The SMILES string of the molecule is CSC1=NC(=Nc2cccc(C)c2)C2(CCCCC2)N1c1ccccc1C.I. The first-order valence-electron chi connectivity index (χ1n) is 9.78. The molecule has 28 heavy (non-hydrogen) atoms. The van der Waals surface area contributed by atoms with Gasteiger partial charge in [0, 0.05) is 5.69 Å². The number of benzene rings is 2. The molecule has 4 rings (SSSR count). The van der Waals surface area contributed by atoms with Crippen molar-refractivity contribution in [3.05, 3.63) is 59.7 Å². The van der Waals surface area contributed by atoms with Crippen molar-refractivity contribution in [2.24, 2.45) is 9.98 Å². The number of aryl methyl sites for hydroxylation is 2. The van der Waals surface area contributed by atoms with Crippen molar-refractivity contribution in [2.75, 3.05) is 11.2 Å². The Balaban J connectivity index is 0.00000225. The Bertz CT molecular complexity index is 900. The summed E-state index contributed by atoms with van der Waals surface area (Å²) in [4.78, 5) is 12.6. The van der Waals surface area contributed by atoms with E-state index < -0.39 is 0 Å². The maximum atomic E-state index is 5.07.